The van der Waals surface area contributed by atoms with Crippen LogP contribution < -0.4 is 9.47 Å². The van der Waals surface area contributed by atoms with Crippen LogP contribution in [0.1, 0.15) is 137 Å². The van der Waals surface area contributed by atoms with E-state index in [1.807, 2.05) is 6.07 Å². The van der Waals surface area contributed by atoms with Crippen molar-refractivity contribution in [3.8, 4) is 17.2 Å². The van der Waals surface area contributed by atoms with Gasteiger partial charge in [-0.1, -0.05) is 75.8 Å². The maximum Gasteiger partial charge on any atom is 0.196 e. The molecule has 0 aliphatic heterocycles. The summed E-state index contributed by atoms with van der Waals surface area (Å²) >= 11 is 0. The molecular formula is C42H54F2O4. The van der Waals surface area contributed by atoms with Crippen molar-refractivity contribution in [2.45, 2.75) is 116 Å². The second-order valence-electron chi connectivity index (χ2n) is 14.2. The molecule has 2 aliphatic rings. The Labute approximate surface area is 286 Å². The lowest BCUT2D eigenvalue weighted by Gasteiger charge is -2.38. The zero-order valence-electron chi connectivity index (χ0n) is 28.7. The normalized spacial score (nSPS) is 21.1. The first-order valence-electron chi connectivity index (χ1n) is 18.6. The van der Waals surface area contributed by atoms with Crippen molar-refractivity contribution in [1.29, 1.82) is 0 Å². The summed E-state index contributed by atoms with van der Waals surface area (Å²) < 4.78 is 41.3. The van der Waals surface area contributed by atoms with Gasteiger partial charge in [0.15, 0.2) is 23.2 Å². The molecule has 0 heterocycles. The van der Waals surface area contributed by atoms with Gasteiger partial charge in [-0.2, -0.15) is 0 Å². The number of rotatable bonds is 17. The van der Waals surface area contributed by atoms with Gasteiger partial charge in [-0.3, -0.25) is 4.79 Å². The third-order valence-electron chi connectivity index (χ3n) is 10.8. The van der Waals surface area contributed by atoms with E-state index in [9.17, 15) is 18.7 Å². The zero-order valence-corrected chi connectivity index (χ0v) is 28.7. The summed E-state index contributed by atoms with van der Waals surface area (Å²) in [6.07, 6.45) is 18.5. The number of benzene rings is 3. The predicted molar refractivity (Wildman–Crippen MR) is 188 cm³/mol. The Morgan fingerprint density at radius 2 is 1.35 bits per heavy atom. The highest BCUT2D eigenvalue weighted by Crippen LogP contribution is 2.45. The van der Waals surface area contributed by atoms with Crippen LogP contribution in [0.5, 0.6) is 17.2 Å². The van der Waals surface area contributed by atoms with Gasteiger partial charge in [-0.05, 0) is 118 Å². The van der Waals surface area contributed by atoms with Gasteiger partial charge < -0.3 is 14.6 Å². The third-order valence-corrected chi connectivity index (χ3v) is 10.8. The highest BCUT2D eigenvalue weighted by Gasteiger charge is 2.32. The lowest BCUT2D eigenvalue weighted by atomic mass is 9.68. The van der Waals surface area contributed by atoms with E-state index in [4.69, 9.17) is 9.47 Å². The number of carbonyl (C=O) groups excluding carboxylic acids is 1. The second kappa shape index (κ2) is 18.4. The fraction of sp³-hybridized carbons (Fsp3) is 0.548. The molecule has 4 nitrogen and oxygen atoms in total. The van der Waals surface area contributed by atoms with E-state index in [-0.39, 0.29) is 35.4 Å². The molecule has 0 spiro atoms. The van der Waals surface area contributed by atoms with Gasteiger partial charge >= 0.3 is 0 Å². The number of unbranched alkanes of at least 4 members (excludes halogenated alkanes) is 5. The fourth-order valence-electron chi connectivity index (χ4n) is 7.97. The molecule has 0 atom stereocenters. The standard InChI is InChI=1S/C42H54F2O4/c1-2-3-7-12-30-15-17-31(18-16-30)32-19-21-33(22-20-32)35-27-38(43)42(39(44)28-35)48-26-11-5-4-10-25-47-36-23-24-37(40(45)29-36)41(46)34-13-8-6-9-14-34/h6,8-9,13-14,23-24,27-33,45H,2-5,7,10-12,15-22,25-26H2,1H3/t30-,31-,32-,33-. The van der Waals surface area contributed by atoms with Crippen molar-refractivity contribution in [2.24, 2.45) is 17.8 Å². The average Bonchev–Trinajstić information content (AvgIpc) is 3.11. The highest BCUT2D eigenvalue weighted by atomic mass is 19.1. The first kappa shape index (κ1) is 35.9. The molecule has 0 unspecified atom stereocenters. The SMILES string of the molecule is CCCCC[C@H]1CC[C@H]([C@H]2CC[C@H](c3cc(F)c(OCCCCCCOc4ccc(C(=O)c5ccccc5)c(O)c4)c(F)c3)CC2)CC1. The number of phenolic OH excluding ortho intramolecular Hbond substituents is 1. The third kappa shape index (κ3) is 10.1. The van der Waals surface area contributed by atoms with Gasteiger partial charge in [-0.15, -0.1) is 0 Å². The molecule has 2 saturated carbocycles. The van der Waals surface area contributed by atoms with Crippen LogP contribution in [0.4, 0.5) is 8.78 Å². The van der Waals surface area contributed by atoms with Crippen LogP contribution in [0.2, 0.25) is 0 Å². The average molecular weight is 661 g/mol. The molecule has 48 heavy (non-hydrogen) atoms. The second-order valence-corrected chi connectivity index (χ2v) is 14.2. The minimum atomic E-state index is -0.596. The quantitative estimate of drug-likeness (QED) is 0.116. The number of halogens is 2. The molecule has 260 valence electrons. The van der Waals surface area contributed by atoms with Crippen LogP contribution in [0.3, 0.4) is 0 Å². The minimum absolute atomic E-state index is 0.112. The Hall–Kier alpha value is -3.41. The molecule has 2 aliphatic carbocycles. The molecule has 3 aromatic rings. The molecule has 0 amide bonds. The topological polar surface area (TPSA) is 55.8 Å². The van der Waals surface area contributed by atoms with E-state index < -0.39 is 11.6 Å². The summed E-state index contributed by atoms with van der Waals surface area (Å²) in [6, 6.07) is 16.6. The number of ketones is 1. The van der Waals surface area contributed by atoms with Crippen molar-refractivity contribution in [2.75, 3.05) is 13.2 Å². The van der Waals surface area contributed by atoms with Gasteiger partial charge in [0, 0.05) is 11.6 Å². The molecule has 6 heteroatoms. The van der Waals surface area contributed by atoms with Gasteiger partial charge in [0.05, 0.1) is 18.8 Å². The lowest BCUT2D eigenvalue weighted by molar-refractivity contribution is 0.103. The summed E-state index contributed by atoms with van der Waals surface area (Å²) in [6.45, 7) is 2.99. The van der Waals surface area contributed by atoms with E-state index >= 15 is 0 Å². The zero-order chi connectivity index (χ0) is 33.7. The lowest BCUT2D eigenvalue weighted by Crippen LogP contribution is -2.25. The molecule has 0 saturated heterocycles. The molecule has 0 aromatic heterocycles. The smallest absolute Gasteiger partial charge is 0.196 e. The Morgan fingerprint density at radius 3 is 1.98 bits per heavy atom. The molecule has 1 N–H and O–H groups in total. The Bertz CT molecular complexity index is 1400. The monoisotopic (exact) mass is 660 g/mol. The number of carbonyl (C=O) groups is 1. The van der Waals surface area contributed by atoms with Crippen LogP contribution in [0.25, 0.3) is 0 Å². The number of phenols is 1. The maximum absolute atomic E-state index is 15.0. The van der Waals surface area contributed by atoms with Gasteiger partial charge in [0.2, 0.25) is 0 Å². The van der Waals surface area contributed by atoms with Gasteiger partial charge in [0.25, 0.3) is 0 Å². The molecule has 2 fully saturated rings. The summed E-state index contributed by atoms with van der Waals surface area (Å²) in [7, 11) is 0. The Morgan fingerprint density at radius 1 is 0.729 bits per heavy atom. The van der Waals surface area contributed by atoms with Crippen LogP contribution in [0, 0.1) is 29.4 Å². The number of hydrogen-bond acceptors (Lipinski definition) is 4. The minimum Gasteiger partial charge on any atom is -0.507 e. The Kier molecular flexibility index (Phi) is 13.7. The number of hydrogen-bond donors (Lipinski definition) is 1. The van der Waals surface area contributed by atoms with Crippen molar-refractivity contribution in [3.05, 3.63) is 89.0 Å². The van der Waals surface area contributed by atoms with Crippen LogP contribution >= 0.6 is 0 Å². The fourth-order valence-corrected chi connectivity index (χ4v) is 7.97. The summed E-state index contributed by atoms with van der Waals surface area (Å²) in [5.74, 6) is 1.47. The molecule has 3 aromatic carbocycles. The van der Waals surface area contributed by atoms with E-state index in [0.717, 1.165) is 55.4 Å². The van der Waals surface area contributed by atoms with Crippen molar-refractivity contribution < 1.29 is 28.2 Å². The molecule has 0 bridgehead atoms. The van der Waals surface area contributed by atoms with Gasteiger partial charge in [-0.25, -0.2) is 8.78 Å². The first-order chi connectivity index (χ1) is 23.4. The maximum atomic E-state index is 15.0. The predicted octanol–water partition coefficient (Wildman–Crippen LogP) is 11.6. The van der Waals surface area contributed by atoms with E-state index in [1.165, 1.54) is 82.4 Å². The van der Waals surface area contributed by atoms with Gasteiger partial charge in [0.1, 0.15) is 11.5 Å². The Balaban J connectivity index is 0.962. The molecule has 0 radical (unpaired) electrons. The summed E-state index contributed by atoms with van der Waals surface area (Å²) in [4.78, 5) is 12.6. The van der Waals surface area contributed by atoms with E-state index in [1.54, 1.807) is 36.4 Å². The molecule has 5 rings (SSSR count). The van der Waals surface area contributed by atoms with Crippen molar-refractivity contribution in [1.82, 2.24) is 0 Å². The van der Waals surface area contributed by atoms with E-state index in [0.29, 0.717) is 24.3 Å². The van der Waals surface area contributed by atoms with Crippen molar-refractivity contribution in [3.63, 3.8) is 0 Å². The van der Waals surface area contributed by atoms with Crippen molar-refractivity contribution >= 4 is 5.78 Å². The largest absolute Gasteiger partial charge is 0.507 e. The highest BCUT2D eigenvalue weighted by molar-refractivity contribution is 6.10. The first-order valence-corrected chi connectivity index (χ1v) is 18.6. The number of aromatic hydroxyl groups is 1. The summed E-state index contributed by atoms with van der Waals surface area (Å²) in [5, 5.41) is 10.4. The summed E-state index contributed by atoms with van der Waals surface area (Å²) in [5.41, 5.74) is 1.53. The number of ether oxygens (including phenoxy) is 2. The van der Waals surface area contributed by atoms with Crippen LogP contribution in [-0.2, 0) is 0 Å². The van der Waals surface area contributed by atoms with E-state index in [2.05, 4.69) is 6.92 Å². The van der Waals surface area contributed by atoms with Crippen LogP contribution in [-0.4, -0.2) is 24.1 Å². The van der Waals surface area contributed by atoms with Crippen LogP contribution in [0.15, 0.2) is 60.7 Å². The molecular weight excluding hydrogens is 606 g/mol.